The summed E-state index contributed by atoms with van der Waals surface area (Å²) in [4.78, 5) is 24.2. The summed E-state index contributed by atoms with van der Waals surface area (Å²) in [5, 5.41) is 0.254. The summed E-state index contributed by atoms with van der Waals surface area (Å²) in [5.74, 6) is -1.85. The van der Waals surface area contributed by atoms with E-state index in [2.05, 4.69) is 0 Å². The van der Waals surface area contributed by atoms with Crippen LogP contribution in [0.4, 0.5) is 4.39 Å². The molecule has 18 heavy (non-hydrogen) atoms. The first-order chi connectivity index (χ1) is 8.45. The highest BCUT2D eigenvalue weighted by molar-refractivity contribution is 6.31. The molecule has 0 spiro atoms. The van der Waals surface area contributed by atoms with Gasteiger partial charge in [0.05, 0.1) is 12.2 Å². The van der Waals surface area contributed by atoms with Crippen LogP contribution in [0, 0.1) is 5.82 Å². The number of benzene rings is 1. The second kappa shape index (κ2) is 6.35. The normalized spacial score (nSPS) is 10.0. The topological polar surface area (TPSA) is 46.6 Å². The molecule has 1 aromatic carbocycles. The first-order valence-corrected chi connectivity index (χ1v) is 5.69. The van der Waals surface area contributed by atoms with Gasteiger partial charge in [0.2, 0.25) is 0 Å². The van der Waals surface area contributed by atoms with Gasteiger partial charge < -0.3 is 9.64 Å². The number of hydrogen-bond acceptors (Lipinski definition) is 3. The molecule has 0 N–H and O–H groups in total. The molecule has 0 radical (unpaired) electrons. The van der Waals surface area contributed by atoms with Gasteiger partial charge in [0.25, 0.3) is 5.91 Å². The molecular weight excluding hydrogens is 261 g/mol. The van der Waals surface area contributed by atoms with Crippen molar-refractivity contribution in [2.24, 2.45) is 0 Å². The number of amides is 1. The van der Waals surface area contributed by atoms with Crippen molar-refractivity contribution in [3.8, 4) is 0 Å². The van der Waals surface area contributed by atoms with Gasteiger partial charge in [-0.05, 0) is 25.1 Å². The summed E-state index contributed by atoms with van der Waals surface area (Å²) in [5.41, 5.74) is -0.172. The van der Waals surface area contributed by atoms with E-state index in [1.165, 1.54) is 19.2 Å². The van der Waals surface area contributed by atoms with Gasteiger partial charge in [0.1, 0.15) is 12.4 Å². The van der Waals surface area contributed by atoms with Gasteiger partial charge in [-0.25, -0.2) is 4.39 Å². The van der Waals surface area contributed by atoms with Gasteiger partial charge in [-0.15, -0.1) is 0 Å². The highest BCUT2D eigenvalue weighted by Gasteiger charge is 2.19. The summed E-state index contributed by atoms with van der Waals surface area (Å²) in [6.07, 6.45) is 0. The van der Waals surface area contributed by atoms with Crippen LogP contribution in [0.5, 0.6) is 0 Å². The number of rotatable bonds is 4. The lowest BCUT2D eigenvalue weighted by Crippen LogP contribution is -2.33. The zero-order chi connectivity index (χ0) is 13.7. The van der Waals surface area contributed by atoms with E-state index in [4.69, 9.17) is 16.3 Å². The van der Waals surface area contributed by atoms with Crippen LogP contribution in [-0.4, -0.2) is 37.0 Å². The SMILES string of the molecule is CCOC(=O)CN(C)C(=O)c1cc(Cl)ccc1F. The van der Waals surface area contributed by atoms with Crippen LogP contribution in [0.1, 0.15) is 17.3 Å². The number of carbonyl (C=O) groups is 2. The average molecular weight is 274 g/mol. The van der Waals surface area contributed by atoms with Crippen LogP contribution < -0.4 is 0 Å². The Labute approximate surface area is 109 Å². The predicted molar refractivity (Wildman–Crippen MR) is 65.0 cm³/mol. The van der Waals surface area contributed by atoms with Crippen LogP contribution >= 0.6 is 11.6 Å². The fraction of sp³-hybridized carbons (Fsp3) is 0.333. The average Bonchev–Trinajstić information content (AvgIpc) is 2.31. The number of esters is 1. The van der Waals surface area contributed by atoms with E-state index < -0.39 is 17.7 Å². The minimum atomic E-state index is -0.680. The molecule has 4 nitrogen and oxygen atoms in total. The fourth-order valence-electron chi connectivity index (χ4n) is 1.34. The van der Waals surface area contributed by atoms with Crippen LogP contribution in [0.2, 0.25) is 5.02 Å². The Morgan fingerprint density at radius 2 is 2.11 bits per heavy atom. The molecule has 0 aliphatic heterocycles. The molecule has 0 heterocycles. The molecule has 1 amide bonds. The summed E-state index contributed by atoms with van der Waals surface area (Å²) in [7, 11) is 1.39. The maximum absolute atomic E-state index is 13.4. The van der Waals surface area contributed by atoms with Gasteiger partial charge >= 0.3 is 5.97 Å². The van der Waals surface area contributed by atoms with Crippen LogP contribution in [-0.2, 0) is 9.53 Å². The van der Waals surface area contributed by atoms with Gasteiger partial charge in [-0.1, -0.05) is 11.6 Å². The van der Waals surface area contributed by atoms with Gasteiger partial charge in [0, 0.05) is 12.1 Å². The number of nitrogens with zero attached hydrogens (tertiary/aromatic N) is 1. The number of carbonyl (C=O) groups excluding carboxylic acids is 2. The Morgan fingerprint density at radius 3 is 2.72 bits per heavy atom. The van der Waals surface area contributed by atoms with E-state index in [1.807, 2.05) is 0 Å². The molecular formula is C12H13ClFNO3. The van der Waals surface area contributed by atoms with Crippen molar-refractivity contribution in [2.75, 3.05) is 20.2 Å². The third-order valence-corrected chi connectivity index (χ3v) is 2.41. The predicted octanol–water partition coefficient (Wildman–Crippen LogP) is 2.11. The Balaban J connectivity index is 2.80. The molecule has 1 aromatic rings. The zero-order valence-corrected chi connectivity index (χ0v) is 10.8. The van der Waals surface area contributed by atoms with Gasteiger partial charge in [-0.3, -0.25) is 9.59 Å². The van der Waals surface area contributed by atoms with E-state index in [1.54, 1.807) is 6.92 Å². The molecule has 0 fully saturated rings. The summed E-state index contributed by atoms with van der Waals surface area (Å²) in [6.45, 7) is 1.65. The van der Waals surface area contributed by atoms with E-state index in [9.17, 15) is 14.0 Å². The minimum absolute atomic E-state index is 0.172. The molecule has 0 saturated heterocycles. The van der Waals surface area contributed by atoms with Gasteiger partial charge in [-0.2, -0.15) is 0 Å². The lowest BCUT2D eigenvalue weighted by molar-refractivity contribution is -0.143. The lowest BCUT2D eigenvalue weighted by Gasteiger charge is -2.16. The molecule has 1 rings (SSSR count). The zero-order valence-electron chi connectivity index (χ0n) is 10.1. The van der Waals surface area contributed by atoms with E-state index in [-0.39, 0.29) is 23.7 Å². The molecule has 0 bridgehead atoms. The number of likely N-dealkylation sites (N-methyl/N-ethyl adjacent to an activating group) is 1. The maximum Gasteiger partial charge on any atom is 0.325 e. The lowest BCUT2D eigenvalue weighted by atomic mass is 10.2. The van der Waals surface area contributed by atoms with Crippen molar-refractivity contribution in [1.82, 2.24) is 4.90 Å². The Morgan fingerprint density at radius 1 is 1.44 bits per heavy atom. The quantitative estimate of drug-likeness (QED) is 0.790. The van der Waals surface area contributed by atoms with Gasteiger partial charge in [0.15, 0.2) is 0 Å². The third-order valence-electron chi connectivity index (χ3n) is 2.18. The second-order valence-electron chi connectivity index (χ2n) is 3.59. The number of ether oxygens (including phenoxy) is 1. The number of halogens is 2. The maximum atomic E-state index is 13.4. The van der Waals surface area contributed by atoms with E-state index >= 15 is 0 Å². The van der Waals surface area contributed by atoms with Crippen LogP contribution in [0.25, 0.3) is 0 Å². The second-order valence-corrected chi connectivity index (χ2v) is 4.03. The standard InChI is InChI=1S/C12H13ClFNO3/c1-3-18-11(16)7-15(2)12(17)9-6-8(13)4-5-10(9)14/h4-6H,3,7H2,1-2H3. The Hall–Kier alpha value is -1.62. The highest BCUT2D eigenvalue weighted by Crippen LogP contribution is 2.16. The molecule has 0 aromatic heterocycles. The molecule has 6 heteroatoms. The Bertz CT molecular complexity index is 465. The summed E-state index contributed by atoms with van der Waals surface area (Å²) in [6, 6.07) is 3.67. The number of hydrogen-bond donors (Lipinski definition) is 0. The van der Waals surface area contributed by atoms with E-state index in [0.29, 0.717) is 0 Å². The fourth-order valence-corrected chi connectivity index (χ4v) is 1.51. The van der Waals surface area contributed by atoms with Crippen molar-refractivity contribution >= 4 is 23.5 Å². The first-order valence-electron chi connectivity index (χ1n) is 5.31. The molecule has 0 aliphatic carbocycles. The van der Waals surface area contributed by atoms with Crippen molar-refractivity contribution in [3.05, 3.63) is 34.6 Å². The molecule has 0 saturated carbocycles. The minimum Gasteiger partial charge on any atom is -0.465 e. The molecule has 98 valence electrons. The van der Waals surface area contributed by atoms with Crippen LogP contribution in [0.3, 0.4) is 0 Å². The van der Waals surface area contributed by atoms with E-state index in [0.717, 1.165) is 11.0 Å². The Kier molecular flexibility index (Phi) is 5.09. The van der Waals surface area contributed by atoms with Crippen LogP contribution in [0.15, 0.2) is 18.2 Å². The highest BCUT2D eigenvalue weighted by atomic mass is 35.5. The van der Waals surface area contributed by atoms with Crippen molar-refractivity contribution in [2.45, 2.75) is 6.92 Å². The van der Waals surface area contributed by atoms with Crippen molar-refractivity contribution in [3.63, 3.8) is 0 Å². The first kappa shape index (κ1) is 14.4. The molecule has 0 atom stereocenters. The molecule has 0 unspecified atom stereocenters. The van der Waals surface area contributed by atoms with Crippen molar-refractivity contribution in [1.29, 1.82) is 0 Å². The summed E-state index contributed by atoms with van der Waals surface area (Å²) < 4.78 is 18.1. The smallest absolute Gasteiger partial charge is 0.325 e. The molecule has 0 aliphatic rings. The largest absolute Gasteiger partial charge is 0.465 e. The van der Waals surface area contributed by atoms with Crippen molar-refractivity contribution < 1.29 is 18.7 Å². The summed E-state index contributed by atoms with van der Waals surface area (Å²) >= 11 is 5.69. The monoisotopic (exact) mass is 273 g/mol. The third kappa shape index (κ3) is 3.70.